The van der Waals surface area contributed by atoms with Gasteiger partial charge in [-0.15, -0.1) is 0 Å². The number of likely N-dealkylation sites (tertiary alicyclic amines) is 1. The van der Waals surface area contributed by atoms with Crippen LogP contribution in [0.25, 0.3) is 0 Å². The highest BCUT2D eigenvalue weighted by atomic mass is 16.4. The highest BCUT2D eigenvalue weighted by Crippen LogP contribution is 2.36. The molecule has 2 bridgehead atoms. The number of carboxylic acids is 1. The fourth-order valence-electron chi connectivity index (χ4n) is 4.07. The molecule has 4 nitrogen and oxygen atoms in total. The van der Waals surface area contributed by atoms with Crippen LogP contribution in [0.2, 0.25) is 0 Å². The van der Waals surface area contributed by atoms with Gasteiger partial charge in [-0.05, 0) is 51.7 Å². The number of carboxylic acid groups (broad SMARTS) is 1. The molecular formula is C13H22N2O2. The summed E-state index contributed by atoms with van der Waals surface area (Å²) in [4.78, 5) is 16.2. The van der Waals surface area contributed by atoms with E-state index < -0.39 is 5.97 Å². The number of hydrogen-bond acceptors (Lipinski definition) is 3. The summed E-state index contributed by atoms with van der Waals surface area (Å²) in [5, 5.41) is 9.19. The smallest absolute Gasteiger partial charge is 0.308 e. The van der Waals surface area contributed by atoms with Gasteiger partial charge >= 0.3 is 5.97 Å². The van der Waals surface area contributed by atoms with Crippen molar-refractivity contribution in [3.05, 3.63) is 0 Å². The summed E-state index contributed by atoms with van der Waals surface area (Å²) in [5.41, 5.74) is 0. The minimum atomic E-state index is -0.610. The molecule has 3 atom stereocenters. The van der Waals surface area contributed by atoms with E-state index in [0.717, 1.165) is 18.9 Å². The van der Waals surface area contributed by atoms with Crippen LogP contribution in [-0.4, -0.2) is 59.1 Å². The number of carbonyl (C=O) groups is 1. The van der Waals surface area contributed by atoms with Crippen molar-refractivity contribution in [1.82, 2.24) is 9.80 Å². The number of piperidine rings is 3. The quantitative estimate of drug-likeness (QED) is 0.775. The third-order valence-corrected chi connectivity index (χ3v) is 5.17. The maximum atomic E-state index is 11.2. The summed E-state index contributed by atoms with van der Waals surface area (Å²) in [6.07, 6.45) is 3.46. The Morgan fingerprint density at radius 3 is 2.35 bits per heavy atom. The largest absolute Gasteiger partial charge is 0.481 e. The molecule has 0 aromatic heterocycles. The van der Waals surface area contributed by atoms with E-state index in [0.29, 0.717) is 6.04 Å². The lowest BCUT2D eigenvalue weighted by Gasteiger charge is -2.49. The maximum absolute atomic E-state index is 11.2. The molecule has 0 aliphatic carbocycles. The summed E-state index contributed by atoms with van der Waals surface area (Å²) >= 11 is 0. The Labute approximate surface area is 103 Å². The topological polar surface area (TPSA) is 43.8 Å². The van der Waals surface area contributed by atoms with Gasteiger partial charge < -0.3 is 10.0 Å². The number of hydrogen-bond donors (Lipinski definition) is 1. The molecule has 1 N–H and O–H groups in total. The second kappa shape index (κ2) is 4.25. The number of nitrogens with zero attached hydrogens (tertiary/aromatic N) is 2. The van der Waals surface area contributed by atoms with E-state index in [1.54, 1.807) is 0 Å². The predicted octanol–water partition coefficient (Wildman–Crippen LogP) is 0.876. The van der Waals surface area contributed by atoms with Crippen LogP contribution in [0.15, 0.2) is 0 Å². The van der Waals surface area contributed by atoms with Crippen LogP contribution >= 0.6 is 0 Å². The first-order chi connectivity index (χ1) is 8.16. The molecule has 4 aliphatic rings. The molecule has 4 rings (SSSR count). The first-order valence-electron chi connectivity index (χ1n) is 6.87. The standard InChI is InChI=1S/C13H22N2O2/c1-9-11(13(16)17)4-7-15(9)12-8-14-5-2-10(12)3-6-14/h9-12H,2-8H2,1H3,(H,16,17). The van der Waals surface area contributed by atoms with Gasteiger partial charge in [0.2, 0.25) is 0 Å². The van der Waals surface area contributed by atoms with Gasteiger partial charge in [-0.3, -0.25) is 9.69 Å². The summed E-state index contributed by atoms with van der Waals surface area (Å²) in [7, 11) is 0. The van der Waals surface area contributed by atoms with Crippen molar-refractivity contribution >= 4 is 5.97 Å². The third kappa shape index (κ3) is 1.87. The average Bonchev–Trinajstić information content (AvgIpc) is 2.72. The van der Waals surface area contributed by atoms with E-state index in [9.17, 15) is 9.90 Å². The van der Waals surface area contributed by atoms with E-state index in [2.05, 4.69) is 16.7 Å². The second-order valence-electron chi connectivity index (χ2n) is 5.92. The number of rotatable bonds is 2. The fourth-order valence-corrected chi connectivity index (χ4v) is 4.07. The minimum absolute atomic E-state index is 0.148. The van der Waals surface area contributed by atoms with Gasteiger partial charge in [0.15, 0.2) is 0 Å². The Hall–Kier alpha value is -0.610. The zero-order valence-corrected chi connectivity index (χ0v) is 10.5. The Morgan fingerprint density at radius 2 is 1.88 bits per heavy atom. The van der Waals surface area contributed by atoms with Crippen LogP contribution in [0, 0.1) is 11.8 Å². The molecule has 0 radical (unpaired) electrons. The SMILES string of the molecule is CC1C(C(=O)O)CCN1C1CN2CCC1CC2. The van der Waals surface area contributed by atoms with E-state index in [1.807, 2.05) is 0 Å². The molecule has 4 saturated heterocycles. The van der Waals surface area contributed by atoms with E-state index in [-0.39, 0.29) is 12.0 Å². The van der Waals surface area contributed by atoms with Gasteiger partial charge in [0.1, 0.15) is 0 Å². The summed E-state index contributed by atoms with van der Waals surface area (Å²) in [6, 6.07) is 0.842. The van der Waals surface area contributed by atoms with Gasteiger partial charge in [-0.25, -0.2) is 0 Å². The monoisotopic (exact) mass is 238 g/mol. The zero-order valence-electron chi connectivity index (χ0n) is 10.5. The normalized spacial score (nSPS) is 46.3. The van der Waals surface area contributed by atoms with Crippen LogP contribution in [0.1, 0.15) is 26.2 Å². The average molecular weight is 238 g/mol. The fraction of sp³-hybridized carbons (Fsp3) is 0.923. The molecule has 0 spiro atoms. The maximum Gasteiger partial charge on any atom is 0.308 e. The number of fused-ring (bicyclic) bond motifs is 3. The first kappa shape index (κ1) is 11.5. The van der Waals surface area contributed by atoms with Gasteiger partial charge in [0.05, 0.1) is 5.92 Å². The van der Waals surface area contributed by atoms with E-state index in [4.69, 9.17) is 0 Å². The van der Waals surface area contributed by atoms with Gasteiger partial charge in [-0.2, -0.15) is 0 Å². The Bertz CT molecular complexity index is 313. The Morgan fingerprint density at radius 1 is 1.18 bits per heavy atom. The second-order valence-corrected chi connectivity index (χ2v) is 5.92. The molecule has 96 valence electrons. The molecular weight excluding hydrogens is 216 g/mol. The van der Waals surface area contributed by atoms with Crippen LogP contribution in [0.3, 0.4) is 0 Å². The highest BCUT2D eigenvalue weighted by molar-refractivity contribution is 5.71. The molecule has 4 heteroatoms. The summed E-state index contributed by atoms with van der Waals surface area (Å²) < 4.78 is 0. The Balaban J connectivity index is 1.71. The van der Waals surface area contributed by atoms with E-state index in [1.165, 1.54) is 32.5 Å². The van der Waals surface area contributed by atoms with Crippen LogP contribution in [0.5, 0.6) is 0 Å². The first-order valence-corrected chi connectivity index (χ1v) is 6.87. The van der Waals surface area contributed by atoms with Crippen LogP contribution in [-0.2, 0) is 4.79 Å². The third-order valence-electron chi connectivity index (χ3n) is 5.17. The van der Waals surface area contributed by atoms with Crippen LogP contribution < -0.4 is 0 Å². The molecule has 0 amide bonds. The molecule has 4 heterocycles. The van der Waals surface area contributed by atoms with Crippen molar-refractivity contribution in [2.75, 3.05) is 26.2 Å². The molecule has 0 aromatic carbocycles. The highest BCUT2D eigenvalue weighted by Gasteiger charge is 2.44. The predicted molar refractivity (Wildman–Crippen MR) is 64.9 cm³/mol. The van der Waals surface area contributed by atoms with Gasteiger partial charge in [0.25, 0.3) is 0 Å². The van der Waals surface area contributed by atoms with Crippen LogP contribution in [0.4, 0.5) is 0 Å². The van der Waals surface area contributed by atoms with Crippen molar-refractivity contribution in [3.63, 3.8) is 0 Å². The summed E-state index contributed by atoms with van der Waals surface area (Å²) in [6.45, 7) is 6.76. The molecule has 4 aliphatic heterocycles. The van der Waals surface area contributed by atoms with E-state index >= 15 is 0 Å². The molecule has 0 saturated carbocycles. The van der Waals surface area contributed by atoms with Gasteiger partial charge in [-0.1, -0.05) is 0 Å². The molecule has 3 unspecified atom stereocenters. The van der Waals surface area contributed by atoms with Crippen molar-refractivity contribution in [1.29, 1.82) is 0 Å². The van der Waals surface area contributed by atoms with Crippen molar-refractivity contribution in [2.45, 2.75) is 38.3 Å². The molecule has 4 fully saturated rings. The number of aliphatic carboxylic acids is 1. The van der Waals surface area contributed by atoms with Gasteiger partial charge in [0, 0.05) is 18.6 Å². The lowest BCUT2D eigenvalue weighted by Crippen LogP contribution is -2.58. The van der Waals surface area contributed by atoms with Crippen molar-refractivity contribution in [2.24, 2.45) is 11.8 Å². The molecule has 0 aromatic rings. The summed E-state index contributed by atoms with van der Waals surface area (Å²) in [5.74, 6) is 0.0572. The lowest BCUT2D eigenvalue weighted by molar-refractivity contribution is -0.142. The minimum Gasteiger partial charge on any atom is -0.481 e. The Kier molecular flexibility index (Phi) is 2.87. The lowest BCUT2D eigenvalue weighted by atomic mass is 9.82. The zero-order chi connectivity index (χ0) is 12.0. The van der Waals surface area contributed by atoms with Crippen molar-refractivity contribution in [3.8, 4) is 0 Å². The van der Waals surface area contributed by atoms with Crippen molar-refractivity contribution < 1.29 is 9.90 Å². The molecule has 17 heavy (non-hydrogen) atoms.